The Kier molecular flexibility index (Phi) is 3.62. The third kappa shape index (κ3) is 2.27. The van der Waals surface area contributed by atoms with Crippen molar-refractivity contribution in [2.45, 2.75) is 31.8 Å². The number of aryl methyl sites for hydroxylation is 1. The Hall–Kier alpha value is -1.52. The Morgan fingerprint density at radius 3 is 2.83 bits per heavy atom. The van der Waals surface area contributed by atoms with E-state index in [1.165, 1.54) is 19.4 Å². The summed E-state index contributed by atoms with van der Waals surface area (Å²) in [6.45, 7) is 5.10. The fraction of sp³-hybridized carbons (Fsp3) is 0.500. The largest absolute Gasteiger partial charge is 0.338 e. The zero-order valence-corrected chi connectivity index (χ0v) is 14.4. The minimum atomic E-state index is 0.0627. The van der Waals surface area contributed by atoms with Crippen LogP contribution in [0, 0.1) is 0 Å². The summed E-state index contributed by atoms with van der Waals surface area (Å²) in [5, 5.41) is 1.53. The molecule has 1 aromatic heterocycles. The van der Waals surface area contributed by atoms with E-state index >= 15 is 0 Å². The van der Waals surface area contributed by atoms with Gasteiger partial charge in [-0.2, -0.15) is 0 Å². The Morgan fingerprint density at radius 2 is 2.04 bits per heavy atom. The average molecular weight is 332 g/mol. The number of halogens is 1. The second kappa shape index (κ2) is 5.53. The number of fused-ring (bicyclic) bond motifs is 2. The minimum Gasteiger partial charge on any atom is -0.338 e. The van der Waals surface area contributed by atoms with Gasteiger partial charge in [0.05, 0.1) is 5.02 Å². The van der Waals surface area contributed by atoms with Crippen LogP contribution in [0.4, 0.5) is 0 Å². The zero-order valence-electron chi connectivity index (χ0n) is 13.6. The lowest BCUT2D eigenvalue weighted by atomic mass is 10.1. The quantitative estimate of drug-likeness (QED) is 0.803. The van der Waals surface area contributed by atoms with Crippen LogP contribution >= 0.6 is 11.6 Å². The van der Waals surface area contributed by atoms with Crippen molar-refractivity contribution in [1.82, 2.24) is 14.4 Å². The maximum Gasteiger partial charge on any atom is 0.272 e. The first-order chi connectivity index (χ1) is 11.1. The molecule has 2 atom stereocenters. The van der Waals surface area contributed by atoms with Gasteiger partial charge in [-0.15, -0.1) is 0 Å². The SMILES string of the molecule is CC1CN2CCCC2CN1C(=O)c1c(Cl)c2ccccc2n1C. The molecule has 2 aliphatic heterocycles. The lowest BCUT2D eigenvalue weighted by Gasteiger charge is -2.42. The monoisotopic (exact) mass is 331 g/mol. The molecule has 0 aliphatic carbocycles. The molecule has 0 spiro atoms. The molecule has 4 nitrogen and oxygen atoms in total. The van der Waals surface area contributed by atoms with Crippen molar-refractivity contribution in [3.05, 3.63) is 35.0 Å². The number of rotatable bonds is 1. The maximum atomic E-state index is 13.2. The lowest BCUT2D eigenvalue weighted by Crippen LogP contribution is -2.57. The van der Waals surface area contributed by atoms with Gasteiger partial charge in [0.25, 0.3) is 5.91 Å². The number of benzene rings is 1. The molecule has 23 heavy (non-hydrogen) atoms. The van der Waals surface area contributed by atoms with Crippen LogP contribution < -0.4 is 0 Å². The predicted molar refractivity (Wildman–Crippen MR) is 93.0 cm³/mol. The molecule has 0 N–H and O–H groups in total. The van der Waals surface area contributed by atoms with Gasteiger partial charge in [0.2, 0.25) is 0 Å². The molecule has 122 valence electrons. The van der Waals surface area contributed by atoms with Crippen molar-refractivity contribution in [2.24, 2.45) is 7.05 Å². The third-order valence-electron chi connectivity index (χ3n) is 5.45. The molecule has 2 aromatic rings. The highest BCUT2D eigenvalue weighted by Crippen LogP contribution is 2.32. The van der Waals surface area contributed by atoms with Crippen LogP contribution in [-0.4, -0.2) is 52.0 Å². The molecular weight excluding hydrogens is 310 g/mol. The van der Waals surface area contributed by atoms with Gasteiger partial charge >= 0.3 is 0 Å². The summed E-state index contributed by atoms with van der Waals surface area (Å²) in [7, 11) is 1.93. The van der Waals surface area contributed by atoms with Gasteiger partial charge in [-0.05, 0) is 32.4 Å². The van der Waals surface area contributed by atoms with Crippen LogP contribution in [0.5, 0.6) is 0 Å². The van der Waals surface area contributed by atoms with Crippen LogP contribution in [0.3, 0.4) is 0 Å². The van der Waals surface area contributed by atoms with Crippen LogP contribution in [0.25, 0.3) is 10.9 Å². The third-order valence-corrected chi connectivity index (χ3v) is 5.83. The molecule has 0 radical (unpaired) electrons. The predicted octanol–water partition coefficient (Wildman–Crippen LogP) is 3.14. The number of carbonyl (C=O) groups is 1. The molecule has 1 amide bonds. The van der Waals surface area contributed by atoms with Gasteiger partial charge in [0, 0.05) is 43.1 Å². The summed E-state index contributed by atoms with van der Waals surface area (Å²) in [6, 6.07) is 8.67. The Morgan fingerprint density at radius 1 is 1.26 bits per heavy atom. The second-order valence-corrected chi connectivity index (χ2v) is 7.21. The van der Waals surface area contributed by atoms with Gasteiger partial charge in [-0.3, -0.25) is 9.69 Å². The average Bonchev–Trinajstić information content (AvgIpc) is 3.09. The van der Waals surface area contributed by atoms with Crippen molar-refractivity contribution < 1.29 is 4.79 Å². The molecule has 0 saturated carbocycles. The number of carbonyl (C=O) groups excluding carboxylic acids is 1. The normalized spacial score (nSPS) is 25.1. The lowest BCUT2D eigenvalue weighted by molar-refractivity contribution is 0.0388. The topological polar surface area (TPSA) is 28.5 Å². The summed E-state index contributed by atoms with van der Waals surface area (Å²) >= 11 is 6.56. The van der Waals surface area contributed by atoms with E-state index < -0.39 is 0 Å². The Bertz CT molecular complexity index is 730. The molecule has 2 fully saturated rings. The molecule has 0 bridgehead atoms. The van der Waals surface area contributed by atoms with E-state index in [0.717, 1.165) is 24.0 Å². The first-order valence-corrected chi connectivity index (χ1v) is 8.73. The number of para-hydroxylation sites is 1. The van der Waals surface area contributed by atoms with E-state index in [9.17, 15) is 4.79 Å². The zero-order chi connectivity index (χ0) is 16.1. The van der Waals surface area contributed by atoms with E-state index in [1.54, 1.807) is 0 Å². The number of piperazine rings is 1. The van der Waals surface area contributed by atoms with E-state index in [2.05, 4.69) is 11.8 Å². The van der Waals surface area contributed by atoms with Crippen molar-refractivity contribution in [3.8, 4) is 0 Å². The molecule has 2 aliphatic rings. The number of aromatic nitrogens is 1. The van der Waals surface area contributed by atoms with Crippen molar-refractivity contribution in [2.75, 3.05) is 19.6 Å². The van der Waals surface area contributed by atoms with Gasteiger partial charge in [-0.25, -0.2) is 0 Å². The van der Waals surface area contributed by atoms with Gasteiger partial charge in [-0.1, -0.05) is 29.8 Å². The first kappa shape index (κ1) is 15.0. The summed E-state index contributed by atoms with van der Waals surface area (Å²) in [4.78, 5) is 17.8. The Labute approximate surface area is 141 Å². The van der Waals surface area contributed by atoms with E-state index in [4.69, 9.17) is 11.6 Å². The number of hydrogen-bond donors (Lipinski definition) is 0. The standard InChI is InChI=1S/C18H22ClN3O/c1-12-10-21-9-5-6-13(21)11-22(12)18(23)17-16(19)14-7-3-4-8-15(14)20(17)2/h3-4,7-8,12-13H,5-6,9-11H2,1-2H3. The summed E-state index contributed by atoms with van der Waals surface area (Å²) < 4.78 is 1.94. The maximum absolute atomic E-state index is 13.2. The molecule has 2 saturated heterocycles. The van der Waals surface area contributed by atoms with E-state index in [-0.39, 0.29) is 11.9 Å². The molecular formula is C18H22ClN3O. The van der Waals surface area contributed by atoms with Crippen LogP contribution in [0.15, 0.2) is 24.3 Å². The van der Waals surface area contributed by atoms with Gasteiger partial charge in [0.15, 0.2) is 0 Å². The van der Waals surface area contributed by atoms with Gasteiger partial charge < -0.3 is 9.47 Å². The fourth-order valence-electron chi connectivity index (χ4n) is 4.19. The highest BCUT2D eigenvalue weighted by Gasteiger charge is 2.38. The number of nitrogens with zero attached hydrogens (tertiary/aromatic N) is 3. The van der Waals surface area contributed by atoms with Crippen molar-refractivity contribution in [3.63, 3.8) is 0 Å². The fourth-order valence-corrected chi connectivity index (χ4v) is 4.56. The first-order valence-electron chi connectivity index (χ1n) is 8.36. The van der Waals surface area contributed by atoms with Gasteiger partial charge in [0.1, 0.15) is 5.69 Å². The highest BCUT2D eigenvalue weighted by atomic mass is 35.5. The second-order valence-electron chi connectivity index (χ2n) is 6.84. The summed E-state index contributed by atoms with van der Waals surface area (Å²) in [5.74, 6) is 0.0627. The minimum absolute atomic E-state index is 0.0627. The van der Waals surface area contributed by atoms with Crippen molar-refractivity contribution >= 4 is 28.4 Å². The van der Waals surface area contributed by atoms with Crippen LogP contribution in [0.1, 0.15) is 30.3 Å². The smallest absolute Gasteiger partial charge is 0.272 e. The molecule has 4 rings (SSSR count). The van der Waals surface area contributed by atoms with Crippen LogP contribution in [-0.2, 0) is 7.05 Å². The van der Waals surface area contributed by atoms with Crippen molar-refractivity contribution in [1.29, 1.82) is 0 Å². The van der Waals surface area contributed by atoms with E-state index in [0.29, 0.717) is 16.8 Å². The Balaban J connectivity index is 1.72. The number of amides is 1. The molecule has 1 aromatic carbocycles. The number of hydrogen-bond acceptors (Lipinski definition) is 2. The summed E-state index contributed by atoms with van der Waals surface area (Å²) in [5.41, 5.74) is 1.62. The van der Waals surface area contributed by atoms with Crippen LogP contribution in [0.2, 0.25) is 5.02 Å². The van der Waals surface area contributed by atoms with E-state index in [1.807, 2.05) is 40.8 Å². The molecule has 3 heterocycles. The highest BCUT2D eigenvalue weighted by molar-refractivity contribution is 6.38. The summed E-state index contributed by atoms with van der Waals surface area (Å²) in [6.07, 6.45) is 2.44. The molecule has 5 heteroatoms. The molecule has 2 unspecified atom stereocenters.